The quantitative estimate of drug-likeness (QED) is 0.338. The maximum absolute atomic E-state index is 5.54. The monoisotopic (exact) mass is 365 g/mol. The van der Waals surface area contributed by atoms with E-state index in [-0.39, 0.29) is 0 Å². The molecule has 6 nitrogen and oxygen atoms in total. The minimum absolute atomic E-state index is 0.629. The number of nitrogens with zero attached hydrogens (tertiary/aromatic N) is 1. The third-order valence-corrected chi connectivity index (χ3v) is 4.10. The van der Waals surface area contributed by atoms with Crippen LogP contribution < -0.4 is 24.8 Å². The lowest BCUT2D eigenvalue weighted by Gasteiger charge is -2.16. The number of ether oxygens (including phenoxy) is 3. The standard InChI is InChI=1S/C20H35N3O3/c1-6-8-9-10-14-22-20(21-7-2)23-15-13-16-11-12-17(24-3)19(26-5)18(16)25-4/h11-12H,6-10,13-15H2,1-5H3,(H2,21,22,23). The van der Waals surface area contributed by atoms with Gasteiger partial charge in [0.25, 0.3) is 0 Å². The molecule has 0 saturated heterocycles. The number of hydrogen-bond acceptors (Lipinski definition) is 4. The predicted octanol–water partition coefficient (Wildman–Crippen LogP) is 3.39. The normalized spacial score (nSPS) is 11.2. The van der Waals surface area contributed by atoms with Gasteiger partial charge < -0.3 is 24.8 Å². The predicted molar refractivity (Wildman–Crippen MR) is 108 cm³/mol. The molecule has 0 spiro atoms. The van der Waals surface area contributed by atoms with Crippen LogP contribution in [-0.4, -0.2) is 46.9 Å². The first-order valence-corrected chi connectivity index (χ1v) is 9.51. The number of guanidine groups is 1. The molecule has 26 heavy (non-hydrogen) atoms. The molecule has 148 valence electrons. The van der Waals surface area contributed by atoms with Gasteiger partial charge in [0, 0.05) is 25.2 Å². The molecule has 0 saturated carbocycles. The Balaban J connectivity index is 2.64. The Hall–Kier alpha value is -2.11. The van der Waals surface area contributed by atoms with Crippen molar-refractivity contribution in [2.45, 2.75) is 46.0 Å². The largest absolute Gasteiger partial charge is 0.493 e. The van der Waals surface area contributed by atoms with Gasteiger partial charge in [-0.15, -0.1) is 0 Å². The molecular formula is C20H35N3O3. The average molecular weight is 366 g/mol. The molecule has 0 unspecified atom stereocenters. The fourth-order valence-corrected chi connectivity index (χ4v) is 2.75. The van der Waals surface area contributed by atoms with Crippen molar-refractivity contribution in [3.05, 3.63) is 17.7 Å². The van der Waals surface area contributed by atoms with Crippen LogP contribution in [0.1, 0.15) is 45.1 Å². The van der Waals surface area contributed by atoms with Crippen LogP contribution in [-0.2, 0) is 6.42 Å². The minimum Gasteiger partial charge on any atom is -0.493 e. The van der Waals surface area contributed by atoms with Gasteiger partial charge in [0.05, 0.1) is 21.3 Å². The summed E-state index contributed by atoms with van der Waals surface area (Å²) in [6.45, 7) is 6.76. The van der Waals surface area contributed by atoms with Crippen LogP contribution in [0.2, 0.25) is 0 Å². The molecule has 0 heterocycles. The maximum atomic E-state index is 5.54. The van der Waals surface area contributed by atoms with Gasteiger partial charge >= 0.3 is 0 Å². The molecule has 1 aromatic rings. The fraction of sp³-hybridized carbons (Fsp3) is 0.650. The van der Waals surface area contributed by atoms with Gasteiger partial charge in [0.15, 0.2) is 17.5 Å². The average Bonchev–Trinajstić information content (AvgIpc) is 2.66. The number of benzene rings is 1. The number of nitrogens with one attached hydrogen (secondary N) is 2. The smallest absolute Gasteiger partial charge is 0.203 e. The first kappa shape index (κ1) is 21.9. The molecule has 0 amide bonds. The lowest BCUT2D eigenvalue weighted by atomic mass is 10.1. The van der Waals surface area contributed by atoms with E-state index in [0.29, 0.717) is 11.5 Å². The summed E-state index contributed by atoms with van der Waals surface area (Å²) < 4.78 is 16.3. The second-order valence-electron chi connectivity index (χ2n) is 5.99. The van der Waals surface area contributed by atoms with Crippen molar-refractivity contribution in [3.63, 3.8) is 0 Å². The van der Waals surface area contributed by atoms with E-state index in [2.05, 4.69) is 29.5 Å². The van der Waals surface area contributed by atoms with Crippen molar-refractivity contribution < 1.29 is 14.2 Å². The number of aliphatic imine (C=N–C) groups is 1. The molecule has 1 aromatic carbocycles. The fourth-order valence-electron chi connectivity index (χ4n) is 2.75. The van der Waals surface area contributed by atoms with E-state index in [9.17, 15) is 0 Å². The summed E-state index contributed by atoms with van der Waals surface area (Å²) in [6.07, 6.45) is 5.69. The van der Waals surface area contributed by atoms with E-state index in [4.69, 9.17) is 14.2 Å². The molecule has 0 fully saturated rings. The summed E-state index contributed by atoms with van der Waals surface area (Å²) in [5.41, 5.74) is 1.07. The van der Waals surface area contributed by atoms with E-state index in [0.717, 1.165) is 49.7 Å². The Kier molecular flexibility index (Phi) is 11.1. The van der Waals surface area contributed by atoms with Gasteiger partial charge in [-0.3, -0.25) is 4.99 Å². The Labute approximate surface area is 158 Å². The molecule has 0 aliphatic heterocycles. The zero-order valence-corrected chi connectivity index (χ0v) is 17.0. The molecule has 0 aromatic heterocycles. The Morgan fingerprint density at radius 3 is 2.31 bits per heavy atom. The van der Waals surface area contributed by atoms with Crippen molar-refractivity contribution in [2.75, 3.05) is 41.0 Å². The molecule has 6 heteroatoms. The van der Waals surface area contributed by atoms with E-state index in [1.807, 2.05) is 12.1 Å². The molecule has 0 aliphatic carbocycles. The van der Waals surface area contributed by atoms with Gasteiger partial charge in [-0.2, -0.15) is 0 Å². The lowest BCUT2D eigenvalue weighted by molar-refractivity contribution is 0.322. The third-order valence-electron chi connectivity index (χ3n) is 4.10. The zero-order chi connectivity index (χ0) is 19.2. The number of rotatable bonds is 12. The van der Waals surface area contributed by atoms with Gasteiger partial charge in [-0.1, -0.05) is 32.3 Å². The number of methoxy groups -OCH3 is 3. The SMILES string of the molecule is CCCCCCN=C(NCC)NCCc1ccc(OC)c(OC)c1OC. The zero-order valence-electron chi connectivity index (χ0n) is 17.0. The van der Waals surface area contributed by atoms with Gasteiger partial charge in [0.2, 0.25) is 5.75 Å². The van der Waals surface area contributed by atoms with Crippen molar-refractivity contribution in [1.29, 1.82) is 0 Å². The van der Waals surface area contributed by atoms with Crippen molar-refractivity contribution in [3.8, 4) is 17.2 Å². The highest BCUT2D eigenvalue weighted by atomic mass is 16.5. The molecule has 2 N–H and O–H groups in total. The molecule has 0 bridgehead atoms. The highest BCUT2D eigenvalue weighted by Gasteiger charge is 2.15. The van der Waals surface area contributed by atoms with E-state index < -0.39 is 0 Å². The summed E-state index contributed by atoms with van der Waals surface area (Å²) in [6, 6.07) is 3.92. The van der Waals surface area contributed by atoms with Crippen LogP contribution in [0.3, 0.4) is 0 Å². The number of unbranched alkanes of at least 4 members (excludes halogenated alkanes) is 3. The minimum atomic E-state index is 0.629. The van der Waals surface area contributed by atoms with Crippen molar-refractivity contribution in [2.24, 2.45) is 4.99 Å². The van der Waals surface area contributed by atoms with Gasteiger partial charge in [-0.05, 0) is 25.8 Å². The second-order valence-corrected chi connectivity index (χ2v) is 5.99. The summed E-state index contributed by atoms with van der Waals surface area (Å²) in [4.78, 5) is 4.64. The van der Waals surface area contributed by atoms with Crippen molar-refractivity contribution in [1.82, 2.24) is 10.6 Å². The van der Waals surface area contributed by atoms with Crippen LogP contribution in [0.15, 0.2) is 17.1 Å². The van der Waals surface area contributed by atoms with Crippen molar-refractivity contribution >= 4 is 5.96 Å². The van der Waals surface area contributed by atoms with E-state index in [1.54, 1.807) is 21.3 Å². The first-order valence-electron chi connectivity index (χ1n) is 9.51. The highest BCUT2D eigenvalue weighted by molar-refractivity contribution is 5.79. The summed E-state index contributed by atoms with van der Waals surface area (Å²) in [5.74, 6) is 2.88. The Bertz CT molecular complexity index is 547. The molecule has 0 atom stereocenters. The molecule has 1 rings (SSSR count). The van der Waals surface area contributed by atoms with Gasteiger partial charge in [-0.25, -0.2) is 0 Å². The van der Waals surface area contributed by atoms with Crippen LogP contribution in [0.25, 0.3) is 0 Å². The third kappa shape index (κ3) is 7.02. The lowest BCUT2D eigenvalue weighted by Crippen LogP contribution is -2.38. The molecular weight excluding hydrogens is 330 g/mol. The van der Waals surface area contributed by atoms with E-state index >= 15 is 0 Å². The maximum Gasteiger partial charge on any atom is 0.203 e. The highest BCUT2D eigenvalue weighted by Crippen LogP contribution is 2.39. The Morgan fingerprint density at radius 1 is 0.923 bits per heavy atom. The Morgan fingerprint density at radius 2 is 1.69 bits per heavy atom. The van der Waals surface area contributed by atoms with E-state index in [1.165, 1.54) is 19.3 Å². The molecule has 0 aliphatic rings. The summed E-state index contributed by atoms with van der Waals surface area (Å²) in [7, 11) is 4.89. The van der Waals surface area contributed by atoms with Crippen LogP contribution in [0, 0.1) is 0 Å². The summed E-state index contributed by atoms with van der Waals surface area (Å²) in [5, 5.41) is 6.68. The van der Waals surface area contributed by atoms with Crippen LogP contribution in [0.4, 0.5) is 0 Å². The number of hydrogen-bond donors (Lipinski definition) is 2. The second kappa shape index (κ2) is 13.1. The van der Waals surface area contributed by atoms with Crippen LogP contribution in [0.5, 0.6) is 17.2 Å². The summed E-state index contributed by atoms with van der Waals surface area (Å²) >= 11 is 0. The topological polar surface area (TPSA) is 64.1 Å². The van der Waals surface area contributed by atoms with Crippen LogP contribution >= 0.6 is 0 Å². The molecule has 0 radical (unpaired) electrons. The first-order chi connectivity index (χ1) is 12.7. The van der Waals surface area contributed by atoms with Gasteiger partial charge in [0.1, 0.15) is 0 Å².